The highest BCUT2D eigenvalue weighted by atomic mass is 79.9. The summed E-state index contributed by atoms with van der Waals surface area (Å²) in [5, 5.41) is 6.00. The molecule has 0 saturated carbocycles. The Hall–Kier alpha value is -3.06. The first-order chi connectivity index (χ1) is 14.8. The lowest BCUT2D eigenvalue weighted by Gasteiger charge is -2.14. The first-order valence-electron chi connectivity index (χ1n) is 10.2. The molecule has 0 N–H and O–H groups in total. The molecule has 4 aromatic rings. The van der Waals surface area contributed by atoms with Crippen LogP contribution >= 0.6 is 15.9 Å². The first kappa shape index (κ1) is 21.2. The highest BCUT2D eigenvalue weighted by Gasteiger charge is 2.18. The lowest BCUT2D eigenvalue weighted by molar-refractivity contribution is 0.0939. The van der Waals surface area contributed by atoms with Crippen LogP contribution in [0.15, 0.2) is 56.8 Å². The molecule has 0 aliphatic carbocycles. The molecular formula is C24H23BrN4O2. The monoisotopic (exact) mass is 478 g/mol. The molecule has 0 aliphatic heterocycles. The fraction of sp³-hybridized carbons (Fsp3) is 0.250. The van der Waals surface area contributed by atoms with Crippen LogP contribution in [0.2, 0.25) is 0 Å². The molecule has 0 unspecified atom stereocenters. The SMILES string of the molecule is CC[C@H](C)c1nc2ccc(Br)cc2c(=O)n1N=Cc1c(C)n(C(C)=O)c2ccccc12. The van der Waals surface area contributed by atoms with E-state index in [0.29, 0.717) is 16.7 Å². The number of aromatic nitrogens is 3. The van der Waals surface area contributed by atoms with Gasteiger partial charge in [0.1, 0.15) is 5.82 Å². The normalized spacial score (nSPS) is 12.8. The molecule has 2 aromatic carbocycles. The van der Waals surface area contributed by atoms with E-state index in [1.807, 2.05) is 50.2 Å². The van der Waals surface area contributed by atoms with Crippen molar-refractivity contribution in [1.82, 2.24) is 14.2 Å². The number of fused-ring (bicyclic) bond motifs is 2. The summed E-state index contributed by atoms with van der Waals surface area (Å²) < 4.78 is 3.87. The molecule has 2 aromatic heterocycles. The van der Waals surface area contributed by atoms with E-state index in [2.05, 4.69) is 28.0 Å². The Balaban J connectivity index is 1.97. The maximum Gasteiger partial charge on any atom is 0.282 e. The number of carbonyl (C=O) groups is 1. The predicted molar refractivity (Wildman–Crippen MR) is 128 cm³/mol. The molecule has 0 bridgehead atoms. The molecule has 0 aliphatic rings. The zero-order valence-electron chi connectivity index (χ0n) is 17.9. The van der Waals surface area contributed by atoms with Gasteiger partial charge in [-0.05, 0) is 37.6 Å². The van der Waals surface area contributed by atoms with Crippen LogP contribution in [-0.4, -0.2) is 26.3 Å². The number of rotatable bonds is 4. The Morgan fingerprint density at radius 1 is 1.23 bits per heavy atom. The maximum atomic E-state index is 13.3. The molecule has 0 amide bonds. The summed E-state index contributed by atoms with van der Waals surface area (Å²) in [6.07, 6.45) is 2.49. The maximum absolute atomic E-state index is 13.3. The van der Waals surface area contributed by atoms with E-state index in [-0.39, 0.29) is 17.4 Å². The highest BCUT2D eigenvalue weighted by molar-refractivity contribution is 9.10. The molecular weight excluding hydrogens is 456 g/mol. The van der Waals surface area contributed by atoms with E-state index in [9.17, 15) is 9.59 Å². The van der Waals surface area contributed by atoms with E-state index in [4.69, 9.17) is 4.98 Å². The molecule has 2 heterocycles. The van der Waals surface area contributed by atoms with Gasteiger partial charge in [-0.3, -0.25) is 14.2 Å². The second kappa shape index (κ2) is 8.23. The Labute approximate surface area is 188 Å². The molecule has 0 radical (unpaired) electrons. The van der Waals surface area contributed by atoms with Crippen LogP contribution < -0.4 is 5.56 Å². The van der Waals surface area contributed by atoms with Gasteiger partial charge in [-0.15, -0.1) is 0 Å². The van der Waals surface area contributed by atoms with Gasteiger partial charge < -0.3 is 0 Å². The molecule has 31 heavy (non-hydrogen) atoms. The average Bonchev–Trinajstić information content (AvgIpc) is 3.04. The smallest absolute Gasteiger partial charge is 0.282 e. The van der Waals surface area contributed by atoms with Crippen molar-refractivity contribution >= 4 is 49.9 Å². The number of benzene rings is 2. The second-order valence-corrected chi connectivity index (χ2v) is 8.59. The van der Waals surface area contributed by atoms with Crippen molar-refractivity contribution in [2.45, 2.75) is 40.0 Å². The molecule has 7 heteroatoms. The fourth-order valence-electron chi connectivity index (χ4n) is 3.86. The number of hydrogen-bond donors (Lipinski definition) is 0. The number of hydrogen-bond acceptors (Lipinski definition) is 4. The summed E-state index contributed by atoms with van der Waals surface area (Å²) in [6.45, 7) is 7.51. The van der Waals surface area contributed by atoms with Crippen molar-refractivity contribution in [2.75, 3.05) is 0 Å². The number of halogens is 1. The van der Waals surface area contributed by atoms with Crippen molar-refractivity contribution < 1.29 is 4.79 Å². The van der Waals surface area contributed by atoms with Gasteiger partial charge in [0, 0.05) is 34.0 Å². The van der Waals surface area contributed by atoms with Gasteiger partial charge >= 0.3 is 0 Å². The van der Waals surface area contributed by atoms with Gasteiger partial charge in [0.05, 0.1) is 22.6 Å². The third-order valence-electron chi connectivity index (χ3n) is 5.66. The van der Waals surface area contributed by atoms with E-state index in [1.54, 1.807) is 16.8 Å². The minimum absolute atomic E-state index is 0.0533. The van der Waals surface area contributed by atoms with Crippen molar-refractivity contribution in [3.05, 3.63) is 74.4 Å². The first-order valence-corrected chi connectivity index (χ1v) is 11.0. The van der Waals surface area contributed by atoms with Gasteiger partial charge in [0.25, 0.3) is 5.56 Å². The van der Waals surface area contributed by atoms with Gasteiger partial charge in [0.2, 0.25) is 5.91 Å². The zero-order chi connectivity index (χ0) is 22.3. The minimum atomic E-state index is -0.217. The fourth-order valence-corrected chi connectivity index (χ4v) is 4.22. The Bertz CT molecular complexity index is 1410. The van der Waals surface area contributed by atoms with Crippen LogP contribution in [0.1, 0.15) is 55.0 Å². The van der Waals surface area contributed by atoms with Gasteiger partial charge in [-0.25, -0.2) is 4.98 Å². The van der Waals surface area contributed by atoms with E-state index in [1.165, 1.54) is 11.6 Å². The van der Waals surface area contributed by atoms with Gasteiger partial charge in [-0.1, -0.05) is 48.0 Å². The standard InChI is InChI=1S/C24H23BrN4O2/c1-5-14(2)23-27-21-11-10-17(25)12-19(21)24(31)29(23)26-13-20-15(3)28(16(4)30)22-9-7-6-8-18(20)22/h6-14H,5H2,1-4H3/t14-/m0/s1. The average molecular weight is 479 g/mol. The van der Waals surface area contributed by atoms with Gasteiger partial charge in [0.15, 0.2) is 0 Å². The van der Waals surface area contributed by atoms with E-state index < -0.39 is 0 Å². The Kier molecular flexibility index (Phi) is 5.62. The van der Waals surface area contributed by atoms with Crippen LogP contribution in [0.5, 0.6) is 0 Å². The largest absolute Gasteiger partial charge is 0.284 e. The van der Waals surface area contributed by atoms with Gasteiger partial charge in [-0.2, -0.15) is 9.78 Å². The molecule has 0 fully saturated rings. The summed E-state index contributed by atoms with van der Waals surface area (Å²) in [5.74, 6) is 0.604. The predicted octanol–water partition coefficient (Wildman–Crippen LogP) is 5.48. The van der Waals surface area contributed by atoms with Crippen molar-refractivity contribution in [2.24, 2.45) is 5.10 Å². The highest BCUT2D eigenvalue weighted by Crippen LogP contribution is 2.25. The van der Waals surface area contributed by atoms with Crippen molar-refractivity contribution in [3.8, 4) is 0 Å². The van der Waals surface area contributed by atoms with Crippen LogP contribution in [0, 0.1) is 6.92 Å². The third kappa shape index (κ3) is 3.63. The Morgan fingerprint density at radius 2 is 1.97 bits per heavy atom. The number of carbonyl (C=O) groups excluding carboxylic acids is 1. The molecule has 158 valence electrons. The summed E-state index contributed by atoms with van der Waals surface area (Å²) in [6, 6.07) is 13.2. The third-order valence-corrected chi connectivity index (χ3v) is 6.16. The molecule has 0 saturated heterocycles. The van der Waals surface area contributed by atoms with Crippen LogP contribution in [0.4, 0.5) is 0 Å². The zero-order valence-corrected chi connectivity index (χ0v) is 19.5. The lowest BCUT2D eigenvalue weighted by Crippen LogP contribution is -2.23. The lowest BCUT2D eigenvalue weighted by atomic mass is 10.1. The summed E-state index contributed by atoms with van der Waals surface area (Å²) in [7, 11) is 0. The molecule has 6 nitrogen and oxygen atoms in total. The van der Waals surface area contributed by atoms with Crippen LogP contribution in [0.3, 0.4) is 0 Å². The summed E-state index contributed by atoms with van der Waals surface area (Å²) in [5.41, 5.74) is 2.85. The van der Waals surface area contributed by atoms with Crippen LogP contribution in [0.25, 0.3) is 21.8 Å². The number of para-hydroxylation sites is 1. The quantitative estimate of drug-likeness (QED) is 0.364. The van der Waals surface area contributed by atoms with E-state index >= 15 is 0 Å². The summed E-state index contributed by atoms with van der Waals surface area (Å²) in [4.78, 5) is 30.3. The second-order valence-electron chi connectivity index (χ2n) is 7.67. The van der Waals surface area contributed by atoms with Crippen molar-refractivity contribution in [1.29, 1.82) is 0 Å². The molecule has 4 rings (SSSR count). The van der Waals surface area contributed by atoms with E-state index in [0.717, 1.165) is 33.1 Å². The summed E-state index contributed by atoms with van der Waals surface area (Å²) >= 11 is 3.43. The Morgan fingerprint density at radius 3 is 2.68 bits per heavy atom. The molecule has 0 spiro atoms. The number of nitrogens with zero attached hydrogens (tertiary/aromatic N) is 4. The topological polar surface area (TPSA) is 69.2 Å². The minimum Gasteiger partial charge on any atom is -0.284 e. The molecule has 1 atom stereocenters. The van der Waals surface area contributed by atoms with Crippen LogP contribution in [-0.2, 0) is 0 Å². The van der Waals surface area contributed by atoms with Crippen molar-refractivity contribution in [3.63, 3.8) is 0 Å².